The molecule has 1 aromatic rings. The van der Waals surface area contributed by atoms with Crippen LogP contribution >= 0.6 is 23.2 Å². The number of rotatable bonds is 7. The van der Waals surface area contributed by atoms with Crippen molar-refractivity contribution in [1.82, 2.24) is 20.4 Å². The lowest BCUT2D eigenvalue weighted by molar-refractivity contribution is 0.192. The SMILES string of the molecule is CCN(CC)CCNC1NCC(c2ccc(Cl)cc2Cl)N1C. The van der Waals surface area contributed by atoms with Crippen LogP contribution in [0.5, 0.6) is 0 Å². The van der Waals surface area contributed by atoms with Crippen LogP contribution in [0.25, 0.3) is 0 Å². The highest BCUT2D eigenvalue weighted by molar-refractivity contribution is 6.35. The first-order valence-electron chi connectivity index (χ1n) is 7.92. The molecule has 2 N–H and O–H groups in total. The minimum atomic E-state index is 0.173. The zero-order chi connectivity index (χ0) is 16.1. The van der Waals surface area contributed by atoms with E-state index in [0.717, 1.165) is 43.3 Å². The first-order valence-corrected chi connectivity index (χ1v) is 8.68. The van der Waals surface area contributed by atoms with Gasteiger partial charge in [-0.25, -0.2) is 0 Å². The summed E-state index contributed by atoms with van der Waals surface area (Å²) in [5, 5.41) is 8.48. The minimum Gasteiger partial charge on any atom is -0.303 e. The van der Waals surface area contributed by atoms with Crippen molar-refractivity contribution in [3.05, 3.63) is 33.8 Å². The Morgan fingerprint density at radius 2 is 2.05 bits per heavy atom. The zero-order valence-electron chi connectivity index (χ0n) is 13.6. The molecule has 1 aromatic carbocycles. The fourth-order valence-corrected chi connectivity index (χ4v) is 3.44. The molecule has 22 heavy (non-hydrogen) atoms. The monoisotopic (exact) mass is 344 g/mol. The molecular weight excluding hydrogens is 319 g/mol. The van der Waals surface area contributed by atoms with Crippen LogP contribution in [-0.2, 0) is 0 Å². The molecule has 2 atom stereocenters. The van der Waals surface area contributed by atoms with Gasteiger partial charge in [-0.15, -0.1) is 0 Å². The van der Waals surface area contributed by atoms with E-state index < -0.39 is 0 Å². The van der Waals surface area contributed by atoms with Gasteiger partial charge in [-0.2, -0.15) is 0 Å². The number of halogens is 2. The van der Waals surface area contributed by atoms with Crippen molar-refractivity contribution >= 4 is 23.2 Å². The van der Waals surface area contributed by atoms with Gasteiger partial charge in [0.2, 0.25) is 0 Å². The van der Waals surface area contributed by atoms with Crippen LogP contribution < -0.4 is 10.6 Å². The molecule has 0 bridgehead atoms. The van der Waals surface area contributed by atoms with Crippen LogP contribution in [-0.4, -0.2) is 55.9 Å². The van der Waals surface area contributed by atoms with Gasteiger partial charge in [-0.3, -0.25) is 15.5 Å². The summed E-state index contributed by atoms with van der Waals surface area (Å²) >= 11 is 12.3. The molecule has 1 saturated heterocycles. The van der Waals surface area contributed by atoms with Crippen LogP contribution in [0.2, 0.25) is 10.0 Å². The quantitative estimate of drug-likeness (QED) is 0.796. The average molecular weight is 345 g/mol. The number of nitrogens with zero attached hydrogens (tertiary/aromatic N) is 2. The molecule has 124 valence electrons. The van der Waals surface area contributed by atoms with Crippen LogP contribution in [0.15, 0.2) is 18.2 Å². The summed E-state index contributed by atoms with van der Waals surface area (Å²) in [6, 6.07) is 5.99. The Kier molecular flexibility index (Phi) is 6.93. The summed E-state index contributed by atoms with van der Waals surface area (Å²) in [6.07, 6.45) is 0.173. The maximum Gasteiger partial charge on any atom is 0.114 e. The van der Waals surface area contributed by atoms with Crippen molar-refractivity contribution < 1.29 is 0 Å². The summed E-state index contributed by atoms with van der Waals surface area (Å²) in [6.45, 7) is 9.48. The second-order valence-electron chi connectivity index (χ2n) is 5.64. The summed E-state index contributed by atoms with van der Waals surface area (Å²) in [5.41, 5.74) is 1.12. The number of nitrogens with one attached hydrogen (secondary N) is 2. The Morgan fingerprint density at radius 1 is 1.32 bits per heavy atom. The Hall–Kier alpha value is -0.360. The third-order valence-corrected chi connectivity index (χ3v) is 4.95. The highest BCUT2D eigenvalue weighted by Crippen LogP contribution is 2.31. The third kappa shape index (κ3) is 4.34. The lowest BCUT2D eigenvalue weighted by Crippen LogP contribution is -2.48. The van der Waals surface area contributed by atoms with E-state index in [-0.39, 0.29) is 12.3 Å². The van der Waals surface area contributed by atoms with Gasteiger partial charge in [0.1, 0.15) is 6.29 Å². The molecule has 2 rings (SSSR count). The van der Waals surface area contributed by atoms with Gasteiger partial charge in [-0.05, 0) is 37.8 Å². The normalized spacial score (nSPS) is 22.6. The average Bonchev–Trinajstić information content (AvgIpc) is 2.85. The van der Waals surface area contributed by atoms with E-state index in [1.54, 1.807) is 0 Å². The number of benzene rings is 1. The predicted octanol–water partition coefficient (Wildman–Crippen LogP) is 2.78. The predicted molar refractivity (Wildman–Crippen MR) is 94.5 cm³/mol. The summed E-state index contributed by atoms with van der Waals surface area (Å²) < 4.78 is 0. The first kappa shape index (κ1) is 18.0. The molecule has 0 spiro atoms. The number of hydrogen-bond acceptors (Lipinski definition) is 4. The fourth-order valence-electron chi connectivity index (χ4n) is 2.91. The first-order chi connectivity index (χ1) is 10.6. The smallest absolute Gasteiger partial charge is 0.114 e. The van der Waals surface area contributed by atoms with Gasteiger partial charge in [0.25, 0.3) is 0 Å². The Labute approximate surface area is 143 Å². The summed E-state index contributed by atoms with van der Waals surface area (Å²) in [4.78, 5) is 4.70. The second-order valence-corrected chi connectivity index (χ2v) is 6.48. The third-order valence-electron chi connectivity index (χ3n) is 4.39. The van der Waals surface area contributed by atoms with Crippen molar-refractivity contribution in [2.75, 3.05) is 39.8 Å². The lowest BCUT2D eigenvalue weighted by Gasteiger charge is -2.27. The van der Waals surface area contributed by atoms with Gasteiger partial charge < -0.3 is 4.90 Å². The molecule has 4 nitrogen and oxygen atoms in total. The Morgan fingerprint density at radius 3 is 2.68 bits per heavy atom. The van der Waals surface area contributed by atoms with Crippen molar-refractivity contribution in [2.24, 2.45) is 0 Å². The van der Waals surface area contributed by atoms with Crippen molar-refractivity contribution in [3.8, 4) is 0 Å². The summed E-state index contributed by atoms with van der Waals surface area (Å²) in [7, 11) is 2.12. The molecule has 1 fully saturated rings. The molecule has 2 unspecified atom stereocenters. The fraction of sp³-hybridized carbons (Fsp3) is 0.625. The Balaban J connectivity index is 1.90. The summed E-state index contributed by atoms with van der Waals surface area (Å²) in [5.74, 6) is 0. The molecule has 0 saturated carbocycles. The molecular formula is C16H26Cl2N4. The number of hydrogen-bond donors (Lipinski definition) is 2. The highest BCUT2D eigenvalue weighted by atomic mass is 35.5. The maximum absolute atomic E-state index is 6.34. The molecule has 0 aromatic heterocycles. The molecule has 0 aliphatic carbocycles. The van der Waals surface area contributed by atoms with E-state index in [2.05, 4.69) is 41.3 Å². The Bertz CT molecular complexity index is 479. The highest BCUT2D eigenvalue weighted by Gasteiger charge is 2.31. The minimum absolute atomic E-state index is 0.173. The molecule has 1 aliphatic heterocycles. The molecule has 6 heteroatoms. The lowest BCUT2D eigenvalue weighted by atomic mass is 10.1. The topological polar surface area (TPSA) is 30.5 Å². The van der Waals surface area contributed by atoms with E-state index in [9.17, 15) is 0 Å². The van der Waals surface area contributed by atoms with Crippen LogP contribution in [0.3, 0.4) is 0 Å². The largest absolute Gasteiger partial charge is 0.303 e. The molecule has 0 radical (unpaired) electrons. The van der Waals surface area contributed by atoms with E-state index in [4.69, 9.17) is 23.2 Å². The molecule has 1 heterocycles. The van der Waals surface area contributed by atoms with Gasteiger partial charge in [-0.1, -0.05) is 43.1 Å². The van der Waals surface area contributed by atoms with Crippen molar-refractivity contribution in [3.63, 3.8) is 0 Å². The van der Waals surface area contributed by atoms with E-state index in [1.807, 2.05) is 18.2 Å². The molecule has 0 amide bonds. The van der Waals surface area contributed by atoms with E-state index >= 15 is 0 Å². The van der Waals surface area contributed by atoms with Crippen LogP contribution in [0.1, 0.15) is 25.5 Å². The van der Waals surface area contributed by atoms with Gasteiger partial charge in [0.05, 0.1) is 6.04 Å². The van der Waals surface area contributed by atoms with Crippen molar-refractivity contribution in [1.29, 1.82) is 0 Å². The van der Waals surface area contributed by atoms with Crippen LogP contribution in [0.4, 0.5) is 0 Å². The van der Waals surface area contributed by atoms with Gasteiger partial charge in [0, 0.05) is 29.7 Å². The van der Waals surface area contributed by atoms with Crippen LogP contribution in [0, 0.1) is 0 Å². The standard InChI is InChI=1S/C16H26Cl2N4/c1-4-22(5-2)9-8-19-16-20-11-15(21(16)3)13-7-6-12(17)10-14(13)18/h6-7,10,15-16,19-20H,4-5,8-9,11H2,1-3H3. The zero-order valence-corrected chi connectivity index (χ0v) is 15.1. The van der Waals surface area contributed by atoms with Gasteiger partial charge >= 0.3 is 0 Å². The van der Waals surface area contributed by atoms with Crippen molar-refractivity contribution in [2.45, 2.75) is 26.2 Å². The molecule has 1 aliphatic rings. The maximum atomic E-state index is 6.34. The van der Waals surface area contributed by atoms with E-state index in [0.29, 0.717) is 5.02 Å². The second kappa shape index (κ2) is 8.48. The number of likely N-dealkylation sites (N-methyl/N-ethyl adjacent to an activating group) is 2. The van der Waals surface area contributed by atoms with Gasteiger partial charge in [0.15, 0.2) is 0 Å². The van der Waals surface area contributed by atoms with E-state index in [1.165, 1.54) is 0 Å².